The predicted octanol–water partition coefficient (Wildman–Crippen LogP) is 4.95. The molecule has 5 nitrogen and oxygen atoms in total. The molecule has 0 bridgehead atoms. The number of ether oxygens (including phenoxy) is 1. The average Bonchev–Trinajstić information content (AvgIpc) is 2.65. The molecular formula is C19H18BrCl3N2O3. The van der Waals surface area contributed by atoms with Crippen LogP contribution in [0.15, 0.2) is 40.9 Å². The second kappa shape index (κ2) is 10.3. The van der Waals surface area contributed by atoms with Crippen molar-refractivity contribution in [1.29, 1.82) is 0 Å². The van der Waals surface area contributed by atoms with Crippen molar-refractivity contribution in [2.24, 2.45) is 0 Å². The SMILES string of the molecule is CNC(=O)[C@H](C)N(Cc1c(Cl)cccc1Cl)C(=O)COc1ccc(Cl)cc1Br. The van der Waals surface area contributed by atoms with Crippen molar-refractivity contribution in [1.82, 2.24) is 10.2 Å². The number of rotatable bonds is 7. The summed E-state index contributed by atoms with van der Waals surface area (Å²) in [6.45, 7) is 1.42. The maximum Gasteiger partial charge on any atom is 0.261 e. The average molecular weight is 509 g/mol. The molecule has 0 saturated heterocycles. The molecule has 150 valence electrons. The lowest BCUT2D eigenvalue weighted by Crippen LogP contribution is -2.48. The quantitative estimate of drug-likeness (QED) is 0.576. The number of likely N-dealkylation sites (N-methyl/N-ethyl adjacent to an activating group) is 1. The summed E-state index contributed by atoms with van der Waals surface area (Å²) in [6, 6.07) is 9.29. The summed E-state index contributed by atoms with van der Waals surface area (Å²) in [7, 11) is 1.51. The van der Waals surface area contributed by atoms with Crippen LogP contribution in [0.5, 0.6) is 5.75 Å². The Bertz CT molecular complexity index is 859. The van der Waals surface area contributed by atoms with Crippen molar-refractivity contribution in [3.8, 4) is 5.75 Å². The van der Waals surface area contributed by atoms with Gasteiger partial charge >= 0.3 is 0 Å². The van der Waals surface area contributed by atoms with Crippen LogP contribution in [0.2, 0.25) is 15.1 Å². The van der Waals surface area contributed by atoms with E-state index in [0.29, 0.717) is 30.9 Å². The molecule has 0 aromatic heterocycles. The van der Waals surface area contributed by atoms with E-state index in [1.54, 1.807) is 43.3 Å². The molecule has 1 N–H and O–H groups in total. The fourth-order valence-electron chi connectivity index (χ4n) is 2.46. The Morgan fingerprint density at radius 3 is 2.39 bits per heavy atom. The van der Waals surface area contributed by atoms with Gasteiger partial charge in [0.05, 0.1) is 4.47 Å². The van der Waals surface area contributed by atoms with Crippen LogP contribution >= 0.6 is 50.7 Å². The number of benzene rings is 2. The van der Waals surface area contributed by atoms with Gasteiger partial charge in [0.1, 0.15) is 11.8 Å². The topological polar surface area (TPSA) is 58.6 Å². The van der Waals surface area contributed by atoms with E-state index in [0.717, 1.165) is 0 Å². The molecule has 2 aromatic rings. The van der Waals surface area contributed by atoms with Gasteiger partial charge in [0.15, 0.2) is 6.61 Å². The van der Waals surface area contributed by atoms with Crippen molar-refractivity contribution in [2.75, 3.05) is 13.7 Å². The highest BCUT2D eigenvalue weighted by atomic mass is 79.9. The maximum absolute atomic E-state index is 12.9. The van der Waals surface area contributed by atoms with Crippen LogP contribution in [0.1, 0.15) is 12.5 Å². The molecule has 28 heavy (non-hydrogen) atoms. The maximum atomic E-state index is 12.9. The van der Waals surface area contributed by atoms with Gasteiger partial charge in [-0.2, -0.15) is 0 Å². The van der Waals surface area contributed by atoms with Crippen LogP contribution in [-0.2, 0) is 16.1 Å². The number of nitrogens with zero attached hydrogens (tertiary/aromatic N) is 1. The van der Waals surface area contributed by atoms with E-state index in [-0.39, 0.29) is 19.1 Å². The van der Waals surface area contributed by atoms with E-state index in [1.807, 2.05) is 0 Å². The number of amides is 2. The molecule has 0 unspecified atom stereocenters. The molecule has 0 spiro atoms. The van der Waals surface area contributed by atoms with Crippen LogP contribution in [0, 0.1) is 0 Å². The van der Waals surface area contributed by atoms with Gasteiger partial charge in [-0.25, -0.2) is 0 Å². The lowest BCUT2D eigenvalue weighted by atomic mass is 10.1. The number of carbonyl (C=O) groups excluding carboxylic acids is 2. The standard InChI is InChI=1S/C19H18BrCl3N2O3/c1-11(19(27)24-2)25(9-13-15(22)4-3-5-16(13)23)18(26)10-28-17-7-6-12(21)8-14(17)20/h3-8,11H,9-10H2,1-2H3,(H,24,27)/t11-/m0/s1. The van der Waals surface area contributed by atoms with Crippen molar-refractivity contribution in [3.63, 3.8) is 0 Å². The number of hydrogen-bond acceptors (Lipinski definition) is 3. The van der Waals surface area contributed by atoms with Gasteiger partial charge in [0, 0.05) is 34.2 Å². The molecule has 0 radical (unpaired) electrons. The number of hydrogen-bond donors (Lipinski definition) is 1. The smallest absolute Gasteiger partial charge is 0.261 e. The van der Waals surface area contributed by atoms with Gasteiger partial charge < -0.3 is 15.0 Å². The number of nitrogens with one attached hydrogen (secondary N) is 1. The first kappa shape index (κ1) is 22.8. The lowest BCUT2D eigenvalue weighted by molar-refractivity contribution is -0.142. The summed E-state index contributed by atoms with van der Waals surface area (Å²) < 4.78 is 6.22. The zero-order valence-corrected chi connectivity index (χ0v) is 19.0. The Labute approximate surface area is 187 Å². The van der Waals surface area contributed by atoms with Crippen molar-refractivity contribution < 1.29 is 14.3 Å². The molecule has 2 amide bonds. The molecule has 0 saturated carbocycles. The van der Waals surface area contributed by atoms with Crippen LogP contribution in [0.4, 0.5) is 0 Å². The highest BCUT2D eigenvalue weighted by molar-refractivity contribution is 9.10. The zero-order chi connectivity index (χ0) is 20.8. The molecule has 0 aliphatic rings. The third-order valence-corrected chi connectivity index (χ3v) is 5.61. The molecule has 0 fully saturated rings. The second-order valence-corrected chi connectivity index (χ2v) is 7.98. The van der Waals surface area contributed by atoms with E-state index in [2.05, 4.69) is 21.2 Å². The van der Waals surface area contributed by atoms with Crippen molar-refractivity contribution >= 4 is 62.5 Å². The molecule has 0 aliphatic carbocycles. The normalized spacial score (nSPS) is 11.6. The number of halogens is 4. The Hall–Kier alpha value is -1.47. The second-order valence-electron chi connectivity index (χ2n) is 5.88. The van der Waals surface area contributed by atoms with Gasteiger partial charge in [-0.05, 0) is 53.2 Å². The molecular weight excluding hydrogens is 490 g/mol. The first-order valence-electron chi connectivity index (χ1n) is 8.26. The van der Waals surface area contributed by atoms with E-state index in [1.165, 1.54) is 11.9 Å². The molecule has 2 rings (SSSR count). The summed E-state index contributed by atoms with van der Waals surface area (Å²) in [5, 5.41) is 3.90. The Morgan fingerprint density at radius 2 is 1.82 bits per heavy atom. The molecule has 9 heteroatoms. The van der Waals surface area contributed by atoms with E-state index >= 15 is 0 Å². The molecule has 1 atom stereocenters. The highest BCUT2D eigenvalue weighted by Crippen LogP contribution is 2.29. The fourth-order valence-corrected chi connectivity index (χ4v) is 3.77. The minimum atomic E-state index is -0.748. The van der Waals surface area contributed by atoms with Crippen LogP contribution in [0.25, 0.3) is 0 Å². The molecule has 0 aliphatic heterocycles. The first-order chi connectivity index (χ1) is 13.2. The zero-order valence-electron chi connectivity index (χ0n) is 15.1. The Balaban J connectivity index is 2.22. The van der Waals surface area contributed by atoms with Gasteiger partial charge in [0.2, 0.25) is 5.91 Å². The third-order valence-electron chi connectivity index (χ3n) is 4.05. The summed E-state index contributed by atoms with van der Waals surface area (Å²) in [5.41, 5.74) is 0.558. The molecule has 0 heterocycles. The molecule has 2 aromatic carbocycles. The van der Waals surface area contributed by atoms with E-state index < -0.39 is 11.9 Å². The summed E-state index contributed by atoms with van der Waals surface area (Å²) in [6.07, 6.45) is 0. The van der Waals surface area contributed by atoms with Gasteiger partial charge in [-0.15, -0.1) is 0 Å². The highest BCUT2D eigenvalue weighted by Gasteiger charge is 2.27. The Morgan fingerprint density at radius 1 is 1.18 bits per heavy atom. The third kappa shape index (κ3) is 5.77. The number of carbonyl (C=O) groups is 2. The van der Waals surface area contributed by atoms with Crippen LogP contribution in [0.3, 0.4) is 0 Å². The minimum absolute atomic E-state index is 0.0665. The Kier molecular flexibility index (Phi) is 8.43. The van der Waals surface area contributed by atoms with Gasteiger partial charge in [0.25, 0.3) is 5.91 Å². The summed E-state index contributed by atoms with van der Waals surface area (Å²) in [4.78, 5) is 26.4. The van der Waals surface area contributed by atoms with Gasteiger partial charge in [-0.1, -0.05) is 40.9 Å². The monoisotopic (exact) mass is 506 g/mol. The van der Waals surface area contributed by atoms with Crippen molar-refractivity contribution in [2.45, 2.75) is 19.5 Å². The summed E-state index contributed by atoms with van der Waals surface area (Å²) in [5.74, 6) is -0.251. The first-order valence-corrected chi connectivity index (χ1v) is 10.2. The fraction of sp³-hybridized carbons (Fsp3) is 0.263. The predicted molar refractivity (Wildman–Crippen MR) is 115 cm³/mol. The van der Waals surface area contributed by atoms with Crippen molar-refractivity contribution in [3.05, 3.63) is 61.5 Å². The largest absolute Gasteiger partial charge is 0.483 e. The van der Waals surface area contributed by atoms with E-state index in [4.69, 9.17) is 39.5 Å². The minimum Gasteiger partial charge on any atom is -0.483 e. The van der Waals surface area contributed by atoms with Gasteiger partial charge in [-0.3, -0.25) is 9.59 Å². The van der Waals surface area contributed by atoms with E-state index in [9.17, 15) is 9.59 Å². The van der Waals surface area contributed by atoms with Crippen LogP contribution < -0.4 is 10.1 Å². The summed E-state index contributed by atoms with van der Waals surface area (Å²) >= 11 is 21.7. The lowest BCUT2D eigenvalue weighted by Gasteiger charge is -2.29. The van der Waals surface area contributed by atoms with Crippen LogP contribution in [-0.4, -0.2) is 36.4 Å².